The first-order valence-electron chi connectivity index (χ1n) is 6.47. The van der Waals surface area contributed by atoms with Crippen LogP contribution in [-0.4, -0.2) is 30.6 Å². The molecule has 0 saturated heterocycles. The molecule has 2 amide bonds. The van der Waals surface area contributed by atoms with Crippen LogP contribution in [0, 0.1) is 18.8 Å². The van der Waals surface area contributed by atoms with Crippen LogP contribution in [0.3, 0.4) is 0 Å². The number of nitrogens with two attached hydrogens (primary N) is 1. The maximum absolute atomic E-state index is 12.1. The van der Waals surface area contributed by atoms with Gasteiger partial charge in [-0.05, 0) is 38.5 Å². The monoisotopic (exact) mass is 259 g/mol. The van der Waals surface area contributed by atoms with Crippen molar-refractivity contribution in [1.82, 2.24) is 4.90 Å². The molecule has 19 heavy (non-hydrogen) atoms. The topological polar surface area (TPSA) is 58.4 Å². The smallest absolute Gasteiger partial charge is 0.321 e. The summed E-state index contributed by atoms with van der Waals surface area (Å²) in [5.74, 6) is 5.78. The van der Waals surface area contributed by atoms with E-state index in [9.17, 15) is 4.79 Å². The Kier molecular flexibility index (Phi) is 5.91. The number of hydrogen-bond donors (Lipinski definition) is 2. The molecule has 0 fully saturated rings. The summed E-state index contributed by atoms with van der Waals surface area (Å²) in [4.78, 5) is 13.8. The second-order valence-electron chi connectivity index (χ2n) is 4.16. The van der Waals surface area contributed by atoms with Crippen molar-refractivity contribution in [2.75, 3.05) is 25.0 Å². The third kappa shape index (κ3) is 4.31. The minimum absolute atomic E-state index is 0.105. The average Bonchev–Trinajstić information content (AvgIpc) is 2.39. The van der Waals surface area contributed by atoms with Crippen molar-refractivity contribution in [2.24, 2.45) is 5.73 Å². The van der Waals surface area contributed by atoms with Crippen molar-refractivity contribution in [3.8, 4) is 11.8 Å². The highest BCUT2D eigenvalue weighted by Crippen LogP contribution is 2.17. The zero-order valence-corrected chi connectivity index (χ0v) is 11.8. The fourth-order valence-corrected chi connectivity index (χ4v) is 1.72. The van der Waals surface area contributed by atoms with E-state index in [1.807, 2.05) is 39.0 Å². The normalized spacial score (nSPS) is 9.47. The van der Waals surface area contributed by atoms with Crippen LogP contribution in [0.15, 0.2) is 18.2 Å². The molecule has 0 aliphatic rings. The van der Waals surface area contributed by atoms with Crippen LogP contribution in [0.5, 0.6) is 0 Å². The Morgan fingerprint density at radius 3 is 2.63 bits per heavy atom. The van der Waals surface area contributed by atoms with Gasteiger partial charge in [0.15, 0.2) is 0 Å². The Morgan fingerprint density at radius 2 is 2.05 bits per heavy atom. The number of hydrogen-bond acceptors (Lipinski definition) is 2. The van der Waals surface area contributed by atoms with Gasteiger partial charge < -0.3 is 16.0 Å². The van der Waals surface area contributed by atoms with Crippen molar-refractivity contribution in [3.63, 3.8) is 0 Å². The molecule has 102 valence electrons. The van der Waals surface area contributed by atoms with Crippen LogP contribution in [0.25, 0.3) is 0 Å². The Balaban J connectivity index is 2.98. The van der Waals surface area contributed by atoms with Crippen molar-refractivity contribution < 1.29 is 4.79 Å². The predicted octanol–water partition coefficient (Wildman–Crippen LogP) is 2.18. The quantitative estimate of drug-likeness (QED) is 0.817. The first-order valence-corrected chi connectivity index (χ1v) is 6.47. The molecule has 4 heteroatoms. The van der Waals surface area contributed by atoms with E-state index in [0.29, 0.717) is 19.6 Å². The molecule has 1 aromatic carbocycles. The Bertz CT molecular complexity index is 496. The molecule has 0 aliphatic carbocycles. The highest BCUT2D eigenvalue weighted by molar-refractivity contribution is 5.91. The second-order valence-corrected chi connectivity index (χ2v) is 4.16. The lowest BCUT2D eigenvalue weighted by Gasteiger charge is -2.20. The number of carbonyl (C=O) groups is 1. The van der Waals surface area contributed by atoms with Crippen LogP contribution in [0.1, 0.15) is 25.0 Å². The molecular weight excluding hydrogens is 238 g/mol. The van der Waals surface area contributed by atoms with Gasteiger partial charge in [0.25, 0.3) is 0 Å². The number of benzene rings is 1. The number of anilines is 1. The van der Waals surface area contributed by atoms with Gasteiger partial charge in [0.2, 0.25) is 0 Å². The van der Waals surface area contributed by atoms with E-state index in [0.717, 1.165) is 16.8 Å². The summed E-state index contributed by atoms with van der Waals surface area (Å²) in [6, 6.07) is 5.68. The number of urea groups is 1. The molecular formula is C15H21N3O. The third-order valence-electron chi connectivity index (χ3n) is 2.79. The van der Waals surface area contributed by atoms with E-state index in [-0.39, 0.29) is 6.03 Å². The maximum Gasteiger partial charge on any atom is 0.321 e. The molecule has 0 atom stereocenters. The van der Waals surface area contributed by atoms with E-state index in [4.69, 9.17) is 5.73 Å². The van der Waals surface area contributed by atoms with E-state index in [2.05, 4.69) is 17.2 Å². The molecule has 0 aliphatic heterocycles. The van der Waals surface area contributed by atoms with Gasteiger partial charge in [-0.1, -0.05) is 17.9 Å². The first-order chi connectivity index (χ1) is 9.12. The predicted molar refractivity (Wildman–Crippen MR) is 79.1 cm³/mol. The van der Waals surface area contributed by atoms with Crippen LogP contribution in [0.4, 0.5) is 10.5 Å². The molecule has 4 nitrogen and oxygen atoms in total. The number of nitrogens with one attached hydrogen (secondary N) is 1. The highest BCUT2D eigenvalue weighted by atomic mass is 16.2. The van der Waals surface area contributed by atoms with Gasteiger partial charge in [-0.15, -0.1) is 0 Å². The Morgan fingerprint density at radius 1 is 1.37 bits per heavy atom. The molecule has 0 radical (unpaired) electrons. The van der Waals surface area contributed by atoms with Gasteiger partial charge in [0, 0.05) is 18.7 Å². The zero-order chi connectivity index (χ0) is 14.3. The van der Waals surface area contributed by atoms with E-state index >= 15 is 0 Å². The molecule has 0 aromatic heterocycles. The van der Waals surface area contributed by atoms with Crippen LogP contribution in [0.2, 0.25) is 0 Å². The van der Waals surface area contributed by atoms with Gasteiger partial charge >= 0.3 is 6.03 Å². The standard InChI is InChI=1S/C15H21N3O/c1-4-18(5-2)15(19)17-14-11-12(3)8-9-13(14)7-6-10-16/h8-9,11H,4-5,10,16H2,1-3H3,(H,17,19). The van der Waals surface area contributed by atoms with E-state index in [1.54, 1.807) is 4.90 Å². The average molecular weight is 259 g/mol. The molecule has 0 bridgehead atoms. The summed E-state index contributed by atoms with van der Waals surface area (Å²) in [5, 5.41) is 2.91. The Hall–Kier alpha value is -1.99. The van der Waals surface area contributed by atoms with Crippen molar-refractivity contribution in [2.45, 2.75) is 20.8 Å². The summed E-state index contributed by atoms with van der Waals surface area (Å²) in [5.41, 5.74) is 7.98. The summed E-state index contributed by atoms with van der Waals surface area (Å²) >= 11 is 0. The van der Waals surface area contributed by atoms with Crippen molar-refractivity contribution in [1.29, 1.82) is 0 Å². The number of carbonyl (C=O) groups excluding carboxylic acids is 1. The van der Waals surface area contributed by atoms with E-state index in [1.165, 1.54) is 0 Å². The number of nitrogens with zero attached hydrogens (tertiary/aromatic N) is 1. The first kappa shape index (κ1) is 15.1. The largest absolute Gasteiger partial charge is 0.325 e. The lowest BCUT2D eigenvalue weighted by molar-refractivity contribution is 0.217. The van der Waals surface area contributed by atoms with Crippen LogP contribution >= 0.6 is 0 Å². The number of amides is 2. The van der Waals surface area contributed by atoms with E-state index < -0.39 is 0 Å². The summed E-state index contributed by atoms with van der Waals surface area (Å²) in [6.07, 6.45) is 0. The molecule has 0 spiro atoms. The van der Waals surface area contributed by atoms with Crippen LogP contribution < -0.4 is 11.1 Å². The fraction of sp³-hybridized carbons (Fsp3) is 0.400. The highest BCUT2D eigenvalue weighted by Gasteiger charge is 2.11. The molecule has 0 unspecified atom stereocenters. The number of aryl methyl sites for hydroxylation is 1. The lowest BCUT2D eigenvalue weighted by Crippen LogP contribution is -2.34. The summed E-state index contributed by atoms with van der Waals surface area (Å²) in [7, 11) is 0. The maximum atomic E-state index is 12.1. The Labute approximate surface area is 115 Å². The van der Waals surface area contributed by atoms with Gasteiger partial charge in [-0.25, -0.2) is 4.79 Å². The van der Waals surface area contributed by atoms with Gasteiger partial charge in [-0.2, -0.15) is 0 Å². The van der Waals surface area contributed by atoms with Crippen molar-refractivity contribution >= 4 is 11.7 Å². The minimum atomic E-state index is -0.105. The lowest BCUT2D eigenvalue weighted by atomic mass is 10.1. The summed E-state index contributed by atoms with van der Waals surface area (Å²) < 4.78 is 0. The molecule has 3 N–H and O–H groups in total. The molecule has 1 aromatic rings. The SMILES string of the molecule is CCN(CC)C(=O)Nc1cc(C)ccc1C#CCN. The molecule has 0 heterocycles. The minimum Gasteiger partial charge on any atom is -0.325 e. The molecule has 0 saturated carbocycles. The number of rotatable bonds is 3. The van der Waals surface area contributed by atoms with Gasteiger partial charge in [0.05, 0.1) is 12.2 Å². The summed E-state index contributed by atoms with van der Waals surface area (Å²) in [6.45, 7) is 7.55. The third-order valence-corrected chi connectivity index (χ3v) is 2.79. The zero-order valence-electron chi connectivity index (χ0n) is 11.8. The second kappa shape index (κ2) is 7.45. The molecule has 1 rings (SSSR count). The van der Waals surface area contributed by atoms with Crippen molar-refractivity contribution in [3.05, 3.63) is 29.3 Å². The van der Waals surface area contributed by atoms with Gasteiger partial charge in [0.1, 0.15) is 0 Å². The van der Waals surface area contributed by atoms with Gasteiger partial charge in [-0.3, -0.25) is 0 Å². The van der Waals surface area contributed by atoms with Crippen LogP contribution in [-0.2, 0) is 0 Å². The fourth-order valence-electron chi connectivity index (χ4n) is 1.72.